The predicted molar refractivity (Wildman–Crippen MR) is 103 cm³/mol. The van der Waals surface area contributed by atoms with E-state index in [4.69, 9.17) is 4.74 Å². The topological polar surface area (TPSA) is 63.6 Å². The zero-order valence-electron chi connectivity index (χ0n) is 17.2. The molecule has 0 saturated heterocycles. The first-order valence-electron chi connectivity index (χ1n) is 10.7. The number of esters is 1. The van der Waals surface area contributed by atoms with Gasteiger partial charge >= 0.3 is 5.97 Å². The van der Waals surface area contributed by atoms with E-state index in [0.29, 0.717) is 17.6 Å². The summed E-state index contributed by atoms with van der Waals surface area (Å²) in [5.74, 6) is 1.43. The number of Topliss-reactive ketones (excluding diaryl/α,β-unsaturated/α-hetero) is 1. The second-order valence-electron chi connectivity index (χ2n) is 10.1. The van der Waals surface area contributed by atoms with E-state index in [-0.39, 0.29) is 34.7 Å². The van der Waals surface area contributed by atoms with Crippen molar-refractivity contribution in [3.05, 3.63) is 11.6 Å². The number of aliphatic hydroxyl groups excluding tert-OH is 1. The number of ketones is 1. The average Bonchev–Trinajstić information content (AvgIpc) is 2.93. The van der Waals surface area contributed by atoms with Crippen LogP contribution in [0.1, 0.15) is 72.6 Å². The summed E-state index contributed by atoms with van der Waals surface area (Å²) >= 11 is 0. The Hall–Kier alpha value is -1.16. The van der Waals surface area contributed by atoms with Gasteiger partial charge in [0.25, 0.3) is 0 Å². The largest absolute Gasteiger partial charge is 0.462 e. The standard InChI is InChI=1S/C23H34O4/c1-13(24)17-5-6-18-21-19(8-10-23(17,18)4)22(3)9-7-16(27-14(2)25)11-15(22)12-20(21)26/h12,16-21,26H,5-11H2,1-4H3/t16-,17?,18?,19?,20?,21?,22-,23+/m0/s1. The molecule has 5 unspecified atom stereocenters. The van der Waals surface area contributed by atoms with Crippen LogP contribution in [-0.4, -0.2) is 29.1 Å². The zero-order chi connectivity index (χ0) is 19.6. The van der Waals surface area contributed by atoms with Gasteiger partial charge in [-0.3, -0.25) is 9.59 Å². The van der Waals surface area contributed by atoms with Crippen LogP contribution >= 0.6 is 0 Å². The molecule has 3 saturated carbocycles. The van der Waals surface area contributed by atoms with Crippen molar-refractivity contribution in [2.24, 2.45) is 34.5 Å². The van der Waals surface area contributed by atoms with Gasteiger partial charge in [0.15, 0.2) is 0 Å². The van der Waals surface area contributed by atoms with Crippen LogP contribution in [-0.2, 0) is 14.3 Å². The summed E-state index contributed by atoms with van der Waals surface area (Å²) in [6.07, 6.45) is 8.50. The van der Waals surface area contributed by atoms with Crippen LogP contribution in [0.3, 0.4) is 0 Å². The molecule has 0 heterocycles. The highest BCUT2D eigenvalue weighted by Crippen LogP contribution is 2.66. The fourth-order valence-electron chi connectivity index (χ4n) is 7.62. The number of fused-ring (bicyclic) bond motifs is 5. The van der Waals surface area contributed by atoms with Gasteiger partial charge in [-0.25, -0.2) is 0 Å². The zero-order valence-corrected chi connectivity index (χ0v) is 17.2. The molecule has 4 heteroatoms. The third kappa shape index (κ3) is 2.82. The summed E-state index contributed by atoms with van der Waals surface area (Å²) in [5.41, 5.74) is 1.43. The predicted octanol–water partition coefficient (Wildman–Crippen LogP) is 4.06. The first-order valence-corrected chi connectivity index (χ1v) is 10.7. The maximum absolute atomic E-state index is 12.2. The Morgan fingerprint density at radius 1 is 1.07 bits per heavy atom. The summed E-state index contributed by atoms with van der Waals surface area (Å²) in [6.45, 7) is 7.89. The number of hydrogen-bond acceptors (Lipinski definition) is 4. The van der Waals surface area contributed by atoms with Crippen LogP contribution in [0.25, 0.3) is 0 Å². The molecule has 8 atom stereocenters. The van der Waals surface area contributed by atoms with Crippen LogP contribution in [0.5, 0.6) is 0 Å². The molecule has 27 heavy (non-hydrogen) atoms. The van der Waals surface area contributed by atoms with Crippen LogP contribution in [0, 0.1) is 34.5 Å². The SMILES string of the molecule is CC(=O)O[C@H]1CC[C@@]2(C)C(=CC(O)C3C4CCC(C(C)=O)[C@@]4(C)CCC32)C1. The molecule has 4 nitrogen and oxygen atoms in total. The Bertz CT molecular complexity index is 682. The Labute approximate surface area is 162 Å². The maximum atomic E-state index is 12.2. The molecule has 4 aliphatic carbocycles. The lowest BCUT2D eigenvalue weighted by Gasteiger charge is -2.59. The molecule has 0 bridgehead atoms. The van der Waals surface area contributed by atoms with Gasteiger partial charge in [0.05, 0.1) is 6.10 Å². The van der Waals surface area contributed by atoms with Crippen LogP contribution in [0.2, 0.25) is 0 Å². The fraction of sp³-hybridized carbons (Fsp3) is 0.826. The Morgan fingerprint density at radius 2 is 1.81 bits per heavy atom. The van der Waals surface area contributed by atoms with E-state index < -0.39 is 6.10 Å². The lowest BCUT2D eigenvalue weighted by molar-refractivity contribution is -0.150. The molecule has 0 spiro atoms. The molecule has 0 radical (unpaired) electrons. The highest BCUT2D eigenvalue weighted by Gasteiger charge is 2.61. The van der Waals surface area contributed by atoms with E-state index in [0.717, 1.165) is 44.9 Å². The number of carbonyl (C=O) groups excluding carboxylic acids is 2. The van der Waals surface area contributed by atoms with Crippen molar-refractivity contribution in [2.75, 3.05) is 0 Å². The van der Waals surface area contributed by atoms with Crippen molar-refractivity contribution >= 4 is 11.8 Å². The average molecular weight is 375 g/mol. The fourth-order valence-corrected chi connectivity index (χ4v) is 7.62. The van der Waals surface area contributed by atoms with Crippen molar-refractivity contribution in [1.82, 2.24) is 0 Å². The minimum Gasteiger partial charge on any atom is -0.462 e. The van der Waals surface area contributed by atoms with E-state index in [9.17, 15) is 14.7 Å². The van der Waals surface area contributed by atoms with Gasteiger partial charge < -0.3 is 9.84 Å². The number of rotatable bonds is 2. The summed E-state index contributed by atoms with van der Waals surface area (Å²) in [4.78, 5) is 23.6. The molecule has 0 aromatic heterocycles. The van der Waals surface area contributed by atoms with E-state index in [1.165, 1.54) is 12.5 Å². The van der Waals surface area contributed by atoms with E-state index >= 15 is 0 Å². The monoisotopic (exact) mass is 374 g/mol. The van der Waals surface area contributed by atoms with E-state index in [1.807, 2.05) is 0 Å². The van der Waals surface area contributed by atoms with Crippen molar-refractivity contribution in [2.45, 2.75) is 84.8 Å². The quantitative estimate of drug-likeness (QED) is 0.585. The number of aliphatic hydroxyl groups is 1. The summed E-state index contributed by atoms with van der Waals surface area (Å²) in [6, 6.07) is 0. The van der Waals surface area contributed by atoms with Crippen molar-refractivity contribution in [3.8, 4) is 0 Å². The van der Waals surface area contributed by atoms with Crippen molar-refractivity contribution in [1.29, 1.82) is 0 Å². The molecule has 4 rings (SSSR count). The summed E-state index contributed by atoms with van der Waals surface area (Å²) < 4.78 is 5.48. The highest BCUT2D eigenvalue weighted by molar-refractivity contribution is 5.79. The maximum Gasteiger partial charge on any atom is 0.302 e. The van der Waals surface area contributed by atoms with E-state index in [1.54, 1.807) is 6.92 Å². The molecule has 0 aliphatic heterocycles. The van der Waals surface area contributed by atoms with Gasteiger partial charge in [-0.05, 0) is 74.0 Å². The molecule has 1 N–H and O–H groups in total. The van der Waals surface area contributed by atoms with Gasteiger partial charge in [0.1, 0.15) is 11.9 Å². The number of hydrogen-bond donors (Lipinski definition) is 1. The van der Waals surface area contributed by atoms with E-state index in [2.05, 4.69) is 19.9 Å². The highest BCUT2D eigenvalue weighted by atomic mass is 16.5. The molecule has 4 aliphatic rings. The molecule has 3 fully saturated rings. The van der Waals surface area contributed by atoms with Gasteiger partial charge in [-0.2, -0.15) is 0 Å². The normalized spacial score (nSPS) is 48.7. The van der Waals surface area contributed by atoms with Crippen molar-refractivity contribution < 1.29 is 19.4 Å². The summed E-state index contributed by atoms with van der Waals surface area (Å²) in [5, 5.41) is 11.1. The second kappa shape index (κ2) is 6.43. The molecule has 0 amide bonds. The molecule has 0 aromatic rings. The van der Waals surface area contributed by atoms with Gasteiger partial charge in [0.2, 0.25) is 0 Å². The lowest BCUT2D eigenvalue weighted by Crippen LogP contribution is -2.55. The minimum atomic E-state index is -0.440. The molecule has 0 aromatic carbocycles. The number of ether oxygens (including phenoxy) is 1. The Kier molecular flexibility index (Phi) is 4.57. The Morgan fingerprint density at radius 3 is 2.48 bits per heavy atom. The van der Waals surface area contributed by atoms with Gasteiger partial charge in [0, 0.05) is 19.3 Å². The molecular weight excluding hydrogens is 340 g/mol. The summed E-state index contributed by atoms with van der Waals surface area (Å²) in [7, 11) is 0. The second-order valence-corrected chi connectivity index (χ2v) is 10.1. The van der Waals surface area contributed by atoms with Crippen molar-refractivity contribution in [3.63, 3.8) is 0 Å². The molecule has 150 valence electrons. The van der Waals surface area contributed by atoms with Gasteiger partial charge in [-0.1, -0.05) is 25.5 Å². The Balaban J connectivity index is 1.64. The lowest BCUT2D eigenvalue weighted by atomic mass is 9.46. The van der Waals surface area contributed by atoms with Gasteiger partial charge in [-0.15, -0.1) is 0 Å². The first kappa shape index (κ1) is 19.2. The third-order valence-corrected chi connectivity index (χ3v) is 8.91. The first-order chi connectivity index (χ1) is 12.7. The number of carbonyl (C=O) groups is 2. The van der Waals surface area contributed by atoms with Crippen LogP contribution in [0.4, 0.5) is 0 Å². The minimum absolute atomic E-state index is 0.0463. The third-order valence-electron chi connectivity index (χ3n) is 8.91. The van der Waals surface area contributed by atoms with Crippen LogP contribution in [0.15, 0.2) is 11.6 Å². The smallest absolute Gasteiger partial charge is 0.302 e. The van der Waals surface area contributed by atoms with Crippen LogP contribution < -0.4 is 0 Å². The molecular formula is C23H34O4.